The van der Waals surface area contributed by atoms with Crippen LogP contribution in [0.2, 0.25) is 0 Å². The van der Waals surface area contributed by atoms with E-state index in [0.29, 0.717) is 28.7 Å². The molecule has 3 nitrogen and oxygen atoms in total. The molecule has 0 fully saturated rings. The minimum absolute atomic E-state index is 0.117. The SMILES string of the molecule is O=C(Nc1ccc(F)cc1F)N[C@H]1CCSc2c(F)cccc21. The van der Waals surface area contributed by atoms with Crippen molar-refractivity contribution in [2.45, 2.75) is 17.4 Å². The monoisotopic (exact) mass is 338 g/mol. The Morgan fingerprint density at radius 2 is 1.96 bits per heavy atom. The number of carbonyl (C=O) groups is 1. The Labute approximate surface area is 135 Å². The van der Waals surface area contributed by atoms with Crippen LogP contribution in [0, 0.1) is 17.5 Å². The van der Waals surface area contributed by atoms with Gasteiger partial charge in [0.25, 0.3) is 0 Å². The Balaban J connectivity index is 1.73. The minimum Gasteiger partial charge on any atom is -0.331 e. The fourth-order valence-corrected chi connectivity index (χ4v) is 3.58. The van der Waals surface area contributed by atoms with Gasteiger partial charge < -0.3 is 10.6 Å². The lowest BCUT2D eigenvalue weighted by atomic mass is 10.0. The third-order valence-corrected chi connectivity index (χ3v) is 4.67. The molecule has 1 aliphatic rings. The number of carbonyl (C=O) groups excluding carboxylic acids is 1. The summed E-state index contributed by atoms with van der Waals surface area (Å²) in [6, 6.07) is 6.64. The van der Waals surface area contributed by atoms with Gasteiger partial charge in [-0.15, -0.1) is 11.8 Å². The van der Waals surface area contributed by atoms with Crippen molar-refractivity contribution in [3.63, 3.8) is 0 Å². The van der Waals surface area contributed by atoms with Crippen molar-refractivity contribution in [3.8, 4) is 0 Å². The molecule has 0 unspecified atom stereocenters. The van der Waals surface area contributed by atoms with E-state index in [1.807, 2.05) is 0 Å². The Bertz CT molecular complexity index is 754. The molecule has 1 aliphatic heterocycles. The molecule has 23 heavy (non-hydrogen) atoms. The van der Waals surface area contributed by atoms with E-state index < -0.39 is 17.7 Å². The van der Waals surface area contributed by atoms with Gasteiger partial charge in [0.1, 0.15) is 17.5 Å². The van der Waals surface area contributed by atoms with E-state index in [4.69, 9.17) is 0 Å². The molecule has 0 aromatic heterocycles. The van der Waals surface area contributed by atoms with Crippen LogP contribution in [0.25, 0.3) is 0 Å². The van der Waals surface area contributed by atoms with Gasteiger partial charge in [-0.05, 0) is 30.2 Å². The molecule has 0 aliphatic carbocycles. The second-order valence-corrected chi connectivity index (χ2v) is 6.18. The molecule has 0 saturated carbocycles. The van der Waals surface area contributed by atoms with E-state index in [1.165, 1.54) is 17.8 Å². The number of thioether (sulfide) groups is 1. The van der Waals surface area contributed by atoms with E-state index in [0.717, 1.165) is 12.1 Å². The van der Waals surface area contributed by atoms with Gasteiger partial charge in [-0.3, -0.25) is 0 Å². The molecule has 2 aromatic carbocycles. The maximum Gasteiger partial charge on any atom is 0.319 e. The number of anilines is 1. The summed E-state index contributed by atoms with van der Waals surface area (Å²) < 4.78 is 40.2. The maximum atomic E-state index is 13.8. The first-order valence-electron chi connectivity index (χ1n) is 6.98. The highest BCUT2D eigenvalue weighted by atomic mass is 32.2. The van der Waals surface area contributed by atoms with Crippen molar-refractivity contribution in [3.05, 3.63) is 59.4 Å². The lowest BCUT2D eigenvalue weighted by molar-refractivity contribution is 0.248. The van der Waals surface area contributed by atoms with Gasteiger partial charge in [0.05, 0.1) is 11.7 Å². The van der Waals surface area contributed by atoms with E-state index in [1.54, 1.807) is 12.1 Å². The Morgan fingerprint density at radius 3 is 2.74 bits per heavy atom. The number of hydrogen-bond acceptors (Lipinski definition) is 2. The molecule has 2 N–H and O–H groups in total. The molecular formula is C16H13F3N2OS. The van der Waals surface area contributed by atoms with Crippen molar-refractivity contribution < 1.29 is 18.0 Å². The lowest BCUT2D eigenvalue weighted by Gasteiger charge is -2.26. The van der Waals surface area contributed by atoms with Crippen LogP contribution >= 0.6 is 11.8 Å². The summed E-state index contributed by atoms with van der Waals surface area (Å²) in [5.74, 6) is -1.22. The summed E-state index contributed by atoms with van der Waals surface area (Å²) in [7, 11) is 0. The second-order valence-electron chi connectivity index (χ2n) is 5.07. The lowest BCUT2D eigenvalue weighted by Crippen LogP contribution is -2.34. The zero-order valence-electron chi connectivity index (χ0n) is 11.9. The third kappa shape index (κ3) is 3.44. The molecule has 120 valence electrons. The minimum atomic E-state index is -0.856. The molecule has 1 atom stereocenters. The number of rotatable bonds is 2. The van der Waals surface area contributed by atoms with Gasteiger partial charge in [-0.25, -0.2) is 18.0 Å². The van der Waals surface area contributed by atoms with Crippen molar-refractivity contribution in [2.24, 2.45) is 0 Å². The predicted octanol–water partition coefficient (Wildman–Crippen LogP) is 4.46. The summed E-state index contributed by atoms with van der Waals surface area (Å²) in [6.07, 6.45) is 0.639. The third-order valence-electron chi connectivity index (χ3n) is 3.51. The number of nitrogens with one attached hydrogen (secondary N) is 2. The van der Waals surface area contributed by atoms with Gasteiger partial charge in [0, 0.05) is 16.7 Å². The van der Waals surface area contributed by atoms with Gasteiger partial charge in [-0.2, -0.15) is 0 Å². The van der Waals surface area contributed by atoms with Crippen LogP contribution in [0.5, 0.6) is 0 Å². The molecule has 3 rings (SSSR count). The quantitative estimate of drug-likeness (QED) is 0.849. The summed E-state index contributed by atoms with van der Waals surface area (Å²) in [4.78, 5) is 12.6. The average Bonchev–Trinajstić information content (AvgIpc) is 2.51. The maximum absolute atomic E-state index is 13.8. The zero-order chi connectivity index (χ0) is 16.4. The van der Waals surface area contributed by atoms with Gasteiger partial charge in [0.15, 0.2) is 0 Å². The largest absolute Gasteiger partial charge is 0.331 e. The second kappa shape index (κ2) is 6.54. The van der Waals surface area contributed by atoms with E-state index in [-0.39, 0.29) is 17.5 Å². The normalized spacial score (nSPS) is 16.6. The molecule has 0 bridgehead atoms. The van der Waals surface area contributed by atoms with E-state index in [2.05, 4.69) is 10.6 Å². The van der Waals surface area contributed by atoms with Crippen molar-refractivity contribution >= 4 is 23.5 Å². The van der Waals surface area contributed by atoms with Crippen LogP contribution < -0.4 is 10.6 Å². The van der Waals surface area contributed by atoms with Gasteiger partial charge >= 0.3 is 6.03 Å². The molecular weight excluding hydrogens is 325 g/mol. The fraction of sp³-hybridized carbons (Fsp3) is 0.188. The average molecular weight is 338 g/mol. The Kier molecular flexibility index (Phi) is 4.47. The number of urea groups is 1. The zero-order valence-corrected chi connectivity index (χ0v) is 12.7. The number of amides is 2. The van der Waals surface area contributed by atoms with Crippen molar-refractivity contribution in [1.82, 2.24) is 5.32 Å². The summed E-state index contributed by atoms with van der Waals surface area (Å²) in [5.41, 5.74) is 0.588. The summed E-state index contributed by atoms with van der Waals surface area (Å²) in [5, 5.41) is 5.04. The first-order chi connectivity index (χ1) is 11.0. The highest BCUT2D eigenvalue weighted by Gasteiger charge is 2.24. The van der Waals surface area contributed by atoms with Crippen LogP contribution in [-0.2, 0) is 0 Å². The number of hydrogen-bond donors (Lipinski definition) is 2. The molecule has 0 saturated heterocycles. The van der Waals surface area contributed by atoms with Crippen molar-refractivity contribution in [1.29, 1.82) is 0 Å². The van der Waals surface area contributed by atoms with E-state index in [9.17, 15) is 18.0 Å². The van der Waals surface area contributed by atoms with Crippen LogP contribution in [0.1, 0.15) is 18.0 Å². The number of benzene rings is 2. The molecule has 2 amide bonds. The molecule has 1 heterocycles. The highest BCUT2D eigenvalue weighted by Crippen LogP contribution is 2.37. The standard InChI is InChI=1S/C16H13F3N2OS/c17-9-4-5-14(12(19)8-9)21-16(22)20-13-6-7-23-15-10(13)2-1-3-11(15)18/h1-5,8,13H,6-7H2,(H2,20,21,22)/t13-/m0/s1. The van der Waals surface area contributed by atoms with Crippen LogP contribution in [-0.4, -0.2) is 11.8 Å². The molecule has 0 spiro atoms. The number of halogens is 3. The van der Waals surface area contributed by atoms with Crippen LogP contribution in [0.4, 0.5) is 23.7 Å². The fourth-order valence-electron chi connectivity index (χ4n) is 2.44. The molecule has 7 heteroatoms. The van der Waals surface area contributed by atoms with Crippen LogP contribution in [0.15, 0.2) is 41.3 Å². The summed E-state index contributed by atoms with van der Waals surface area (Å²) in [6.45, 7) is 0. The van der Waals surface area contributed by atoms with Crippen LogP contribution in [0.3, 0.4) is 0 Å². The molecule has 0 radical (unpaired) electrons. The Morgan fingerprint density at radius 1 is 1.13 bits per heavy atom. The molecule has 2 aromatic rings. The van der Waals surface area contributed by atoms with Crippen molar-refractivity contribution in [2.75, 3.05) is 11.1 Å². The van der Waals surface area contributed by atoms with E-state index >= 15 is 0 Å². The van der Waals surface area contributed by atoms with Gasteiger partial charge in [-0.1, -0.05) is 12.1 Å². The predicted molar refractivity (Wildman–Crippen MR) is 83.0 cm³/mol. The summed E-state index contributed by atoms with van der Waals surface area (Å²) >= 11 is 1.41. The topological polar surface area (TPSA) is 41.1 Å². The Hall–Kier alpha value is -2.15. The van der Waals surface area contributed by atoms with Gasteiger partial charge in [0.2, 0.25) is 0 Å². The first-order valence-corrected chi connectivity index (χ1v) is 7.97. The first kappa shape index (κ1) is 15.7. The highest BCUT2D eigenvalue weighted by molar-refractivity contribution is 7.99. The number of fused-ring (bicyclic) bond motifs is 1. The smallest absolute Gasteiger partial charge is 0.319 e.